The van der Waals surface area contributed by atoms with Gasteiger partial charge in [-0.1, -0.05) is 11.8 Å². The van der Waals surface area contributed by atoms with E-state index >= 15 is 0 Å². The van der Waals surface area contributed by atoms with Crippen molar-refractivity contribution in [1.29, 1.82) is 0 Å². The molecular formula is C11H18N2S. The predicted octanol–water partition coefficient (Wildman–Crippen LogP) is 2.53. The van der Waals surface area contributed by atoms with Crippen LogP contribution < -0.4 is 5.73 Å². The van der Waals surface area contributed by atoms with E-state index in [4.69, 9.17) is 5.73 Å². The van der Waals surface area contributed by atoms with Crippen molar-refractivity contribution < 1.29 is 0 Å². The lowest BCUT2D eigenvalue weighted by atomic mass is 10.2. The summed E-state index contributed by atoms with van der Waals surface area (Å²) in [6, 6.07) is 4.19. The van der Waals surface area contributed by atoms with Crippen LogP contribution in [0.15, 0.2) is 17.2 Å². The van der Waals surface area contributed by atoms with Crippen molar-refractivity contribution in [1.82, 2.24) is 4.98 Å². The summed E-state index contributed by atoms with van der Waals surface area (Å²) in [4.78, 5) is 4.47. The van der Waals surface area contributed by atoms with Crippen LogP contribution in [-0.4, -0.2) is 16.3 Å². The normalized spacial score (nSPS) is 11.8. The summed E-state index contributed by atoms with van der Waals surface area (Å²) in [6.45, 7) is 9.04. The average molecular weight is 210 g/mol. The molecule has 0 radical (unpaired) electrons. The van der Waals surface area contributed by atoms with Gasteiger partial charge in [0, 0.05) is 17.0 Å². The summed E-state index contributed by atoms with van der Waals surface area (Å²) in [6.07, 6.45) is 0. The lowest BCUT2D eigenvalue weighted by Gasteiger charge is -2.21. The fourth-order valence-electron chi connectivity index (χ4n) is 1.18. The van der Waals surface area contributed by atoms with Crippen molar-refractivity contribution in [2.75, 3.05) is 6.54 Å². The minimum absolute atomic E-state index is 0.0627. The smallest absolute Gasteiger partial charge is 0.0971 e. The van der Waals surface area contributed by atoms with Crippen LogP contribution in [0.3, 0.4) is 0 Å². The van der Waals surface area contributed by atoms with Crippen LogP contribution in [0.4, 0.5) is 0 Å². The molecule has 0 unspecified atom stereocenters. The first kappa shape index (κ1) is 11.5. The molecule has 0 spiro atoms. The van der Waals surface area contributed by atoms with Crippen LogP contribution >= 0.6 is 11.8 Å². The lowest BCUT2D eigenvalue weighted by Crippen LogP contribution is -2.26. The van der Waals surface area contributed by atoms with Gasteiger partial charge in [-0.15, -0.1) is 0 Å². The molecule has 0 aliphatic carbocycles. The fourth-order valence-corrected chi connectivity index (χ4v) is 2.27. The van der Waals surface area contributed by atoms with E-state index in [0.29, 0.717) is 6.54 Å². The largest absolute Gasteiger partial charge is 0.329 e. The van der Waals surface area contributed by atoms with Gasteiger partial charge in [0.1, 0.15) is 0 Å². The van der Waals surface area contributed by atoms with E-state index < -0.39 is 0 Å². The molecule has 0 fully saturated rings. The zero-order valence-corrected chi connectivity index (χ0v) is 10.1. The van der Waals surface area contributed by atoms with Gasteiger partial charge in [0.2, 0.25) is 0 Å². The van der Waals surface area contributed by atoms with Crippen molar-refractivity contribution in [3.63, 3.8) is 0 Å². The lowest BCUT2D eigenvalue weighted by molar-refractivity contribution is 0.720. The van der Waals surface area contributed by atoms with E-state index in [1.807, 2.05) is 6.92 Å². The second-order valence-corrected chi connectivity index (χ2v) is 5.92. The van der Waals surface area contributed by atoms with Gasteiger partial charge in [-0.2, -0.15) is 0 Å². The summed E-state index contributed by atoms with van der Waals surface area (Å²) in [5.74, 6) is 0. The molecule has 0 amide bonds. The number of hydrogen-bond donors (Lipinski definition) is 1. The number of nitrogens with zero attached hydrogens (tertiary/aromatic N) is 1. The highest BCUT2D eigenvalue weighted by atomic mass is 32.2. The predicted molar refractivity (Wildman–Crippen MR) is 62.7 cm³/mol. The maximum absolute atomic E-state index is 5.68. The van der Waals surface area contributed by atoms with Crippen LogP contribution in [0, 0.1) is 13.8 Å². The van der Waals surface area contributed by atoms with E-state index in [1.165, 1.54) is 5.56 Å². The van der Waals surface area contributed by atoms with Crippen LogP contribution in [-0.2, 0) is 0 Å². The van der Waals surface area contributed by atoms with Crippen molar-refractivity contribution in [3.05, 3.63) is 23.4 Å². The van der Waals surface area contributed by atoms with Crippen molar-refractivity contribution in [2.24, 2.45) is 5.73 Å². The molecule has 0 saturated carbocycles. The van der Waals surface area contributed by atoms with E-state index in [9.17, 15) is 0 Å². The molecule has 2 nitrogen and oxygen atoms in total. The van der Waals surface area contributed by atoms with Crippen molar-refractivity contribution in [3.8, 4) is 0 Å². The first-order chi connectivity index (χ1) is 6.43. The SMILES string of the molecule is Cc1cc(C)nc(SC(C)(C)CN)c1. The molecule has 3 heteroatoms. The topological polar surface area (TPSA) is 38.9 Å². The Balaban J connectivity index is 2.87. The summed E-state index contributed by atoms with van der Waals surface area (Å²) in [5, 5.41) is 1.07. The molecule has 0 aliphatic rings. The number of hydrogen-bond acceptors (Lipinski definition) is 3. The van der Waals surface area contributed by atoms with Gasteiger partial charge < -0.3 is 5.73 Å². The minimum atomic E-state index is 0.0627. The van der Waals surface area contributed by atoms with E-state index in [0.717, 1.165) is 10.7 Å². The molecule has 1 aromatic rings. The van der Waals surface area contributed by atoms with Gasteiger partial charge in [-0.05, 0) is 45.4 Å². The Kier molecular flexibility index (Phi) is 3.56. The Hall–Kier alpha value is -0.540. The summed E-state index contributed by atoms with van der Waals surface area (Å²) in [7, 11) is 0. The second kappa shape index (κ2) is 4.32. The summed E-state index contributed by atoms with van der Waals surface area (Å²) < 4.78 is 0.0627. The molecule has 0 aliphatic heterocycles. The van der Waals surface area contributed by atoms with Crippen LogP contribution in [0.5, 0.6) is 0 Å². The molecule has 78 valence electrons. The molecule has 0 saturated heterocycles. The summed E-state index contributed by atoms with van der Waals surface area (Å²) in [5.41, 5.74) is 8.01. The molecular weight excluding hydrogens is 192 g/mol. The van der Waals surface area contributed by atoms with Gasteiger partial charge >= 0.3 is 0 Å². The molecule has 2 N–H and O–H groups in total. The van der Waals surface area contributed by atoms with Crippen molar-refractivity contribution >= 4 is 11.8 Å². The maximum atomic E-state index is 5.68. The molecule has 1 aromatic heterocycles. The molecule has 0 bridgehead atoms. The molecule has 1 rings (SSSR count). The number of pyridine rings is 1. The van der Waals surface area contributed by atoms with Gasteiger partial charge in [-0.25, -0.2) is 4.98 Å². The third-order valence-corrected chi connectivity index (χ3v) is 3.08. The third kappa shape index (κ3) is 3.31. The first-order valence-electron chi connectivity index (χ1n) is 4.77. The highest BCUT2D eigenvalue weighted by Crippen LogP contribution is 2.30. The van der Waals surface area contributed by atoms with E-state index in [1.54, 1.807) is 11.8 Å². The molecule has 1 heterocycles. The summed E-state index contributed by atoms with van der Waals surface area (Å²) >= 11 is 1.74. The number of aromatic nitrogens is 1. The fraction of sp³-hybridized carbons (Fsp3) is 0.545. The monoisotopic (exact) mass is 210 g/mol. The third-order valence-electron chi connectivity index (χ3n) is 1.95. The Bertz CT molecular complexity index is 301. The minimum Gasteiger partial charge on any atom is -0.329 e. The highest BCUT2D eigenvalue weighted by molar-refractivity contribution is 8.00. The highest BCUT2D eigenvalue weighted by Gasteiger charge is 2.17. The number of aryl methyl sites for hydroxylation is 2. The van der Waals surface area contributed by atoms with E-state index in [-0.39, 0.29) is 4.75 Å². The Labute approximate surface area is 90.3 Å². The van der Waals surface area contributed by atoms with Gasteiger partial charge in [0.05, 0.1) is 5.03 Å². The van der Waals surface area contributed by atoms with Gasteiger partial charge in [-0.3, -0.25) is 0 Å². The van der Waals surface area contributed by atoms with Crippen LogP contribution in [0.25, 0.3) is 0 Å². The van der Waals surface area contributed by atoms with Gasteiger partial charge in [0.15, 0.2) is 0 Å². The Morgan fingerprint density at radius 1 is 1.36 bits per heavy atom. The number of nitrogens with two attached hydrogens (primary N) is 1. The first-order valence-corrected chi connectivity index (χ1v) is 5.59. The van der Waals surface area contributed by atoms with Gasteiger partial charge in [0.25, 0.3) is 0 Å². The van der Waals surface area contributed by atoms with Crippen LogP contribution in [0.2, 0.25) is 0 Å². The van der Waals surface area contributed by atoms with Crippen molar-refractivity contribution in [2.45, 2.75) is 37.5 Å². The zero-order chi connectivity index (χ0) is 10.8. The molecule has 0 atom stereocenters. The zero-order valence-electron chi connectivity index (χ0n) is 9.29. The average Bonchev–Trinajstić information content (AvgIpc) is 2.01. The standard InChI is InChI=1S/C11H18N2S/c1-8-5-9(2)13-10(6-8)14-11(3,4)7-12/h5-6H,7,12H2,1-4H3. The quantitative estimate of drug-likeness (QED) is 0.779. The second-order valence-electron chi connectivity index (χ2n) is 4.19. The van der Waals surface area contributed by atoms with E-state index in [2.05, 4.69) is 37.9 Å². The number of rotatable bonds is 3. The number of thioether (sulfide) groups is 1. The molecule has 14 heavy (non-hydrogen) atoms. The molecule has 0 aromatic carbocycles. The Morgan fingerprint density at radius 2 is 2.00 bits per heavy atom. The van der Waals surface area contributed by atoms with Crippen LogP contribution in [0.1, 0.15) is 25.1 Å². The maximum Gasteiger partial charge on any atom is 0.0971 e. The Morgan fingerprint density at radius 3 is 2.50 bits per heavy atom.